The van der Waals surface area contributed by atoms with Crippen LogP contribution in [0.5, 0.6) is 0 Å². The number of carboxylic acids is 2. The van der Waals surface area contributed by atoms with E-state index in [-0.39, 0.29) is 11.1 Å². The van der Waals surface area contributed by atoms with Crippen molar-refractivity contribution in [2.75, 3.05) is 0 Å². The van der Waals surface area contributed by atoms with Crippen molar-refractivity contribution in [2.24, 2.45) is 0 Å². The van der Waals surface area contributed by atoms with Crippen molar-refractivity contribution in [3.63, 3.8) is 0 Å². The van der Waals surface area contributed by atoms with Crippen LogP contribution in [0.1, 0.15) is 57.6 Å². The molecule has 0 saturated carbocycles. The molecule has 0 fully saturated rings. The molecule has 23 heavy (non-hydrogen) atoms. The van der Waals surface area contributed by atoms with Crippen LogP contribution >= 0.6 is 11.8 Å². The number of aryl methyl sites for hydroxylation is 2. The Kier molecular flexibility index (Phi) is 6.96. The van der Waals surface area contributed by atoms with Crippen LogP contribution in [0.3, 0.4) is 0 Å². The van der Waals surface area contributed by atoms with Gasteiger partial charge in [-0.25, -0.2) is 9.59 Å². The van der Waals surface area contributed by atoms with Crippen LogP contribution < -0.4 is 0 Å². The average molecular weight is 340 g/mol. The zero-order chi connectivity index (χ0) is 17.6. The van der Waals surface area contributed by atoms with Gasteiger partial charge in [0, 0.05) is 0 Å². The van der Waals surface area contributed by atoms with E-state index in [1.165, 1.54) is 23.9 Å². The molecule has 0 aliphatic rings. The van der Waals surface area contributed by atoms with Gasteiger partial charge in [0.15, 0.2) is 0 Å². The minimum absolute atomic E-state index is 0.160. The van der Waals surface area contributed by atoms with Gasteiger partial charge in [-0.2, -0.15) is 0 Å². The molecule has 0 atom stereocenters. The second kappa shape index (κ2) is 8.47. The van der Waals surface area contributed by atoms with Crippen molar-refractivity contribution in [3.05, 3.63) is 46.3 Å². The first-order valence-electron chi connectivity index (χ1n) is 7.11. The highest BCUT2D eigenvalue weighted by atomic mass is 32.2. The van der Waals surface area contributed by atoms with E-state index in [1.807, 2.05) is 13.8 Å². The zero-order valence-electron chi connectivity index (χ0n) is 13.5. The SMILES string of the molecule is CC.Cc1oc(CSCc2cc(C(=O)O)c(C)o2)cc1C(=O)O. The highest BCUT2D eigenvalue weighted by Crippen LogP contribution is 2.24. The van der Waals surface area contributed by atoms with Gasteiger partial charge in [-0.3, -0.25) is 0 Å². The fourth-order valence-corrected chi connectivity index (χ4v) is 2.70. The predicted molar refractivity (Wildman–Crippen MR) is 87.2 cm³/mol. The quantitative estimate of drug-likeness (QED) is 0.806. The molecule has 0 amide bonds. The molecule has 126 valence electrons. The van der Waals surface area contributed by atoms with Gasteiger partial charge in [0.1, 0.15) is 34.2 Å². The zero-order valence-corrected chi connectivity index (χ0v) is 14.3. The van der Waals surface area contributed by atoms with Crippen molar-refractivity contribution >= 4 is 23.7 Å². The van der Waals surface area contributed by atoms with E-state index < -0.39 is 11.9 Å². The molecule has 2 aromatic heterocycles. The Hall–Kier alpha value is -2.15. The predicted octanol–water partition coefficient (Wildman–Crippen LogP) is 4.35. The van der Waals surface area contributed by atoms with E-state index in [0.29, 0.717) is 34.5 Å². The first-order chi connectivity index (χ1) is 10.9. The summed E-state index contributed by atoms with van der Waals surface area (Å²) in [7, 11) is 0. The summed E-state index contributed by atoms with van der Waals surface area (Å²) in [6.45, 7) is 7.21. The number of aromatic carboxylic acids is 2. The van der Waals surface area contributed by atoms with Gasteiger partial charge in [-0.1, -0.05) is 13.8 Å². The van der Waals surface area contributed by atoms with E-state index in [0.717, 1.165) is 0 Å². The topological polar surface area (TPSA) is 101 Å². The van der Waals surface area contributed by atoms with E-state index in [2.05, 4.69) is 0 Å². The molecule has 7 heteroatoms. The number of thioether (sulfide) groups is 1. The smallest absolute Gasteiger partial charge is 0.339 e. The van der Waals surface area contributed by atoms with Crippen molar-refractivity contribution in [3.8, 4) is 0 Å². The molecule has 0 radical (unpaired) electrons. The van der Waals surface area contributed by atoms with E-state index in [1.54, 1.807) is 13.8 Å². The molecule has 0 spiro atoms. The van der Waals surface area contributed by atoms with Crippen molar-refractivity contribution in [2.45, 2.75) is 39.2 Å². The summed E-state index contributed by atoms with van der Waals surface area (Å²) in [5, 5.41) is 17.9. The maximum Gasteiger partial charge on any atom is 0.339 e. The number of furan rings is 2. The highest BCUT2D eigenvalue weighted by molar-refractivity contribution is 7.97. The molecule has 0 saturated heterocycles. The first kappa shape index (κ1) is 18.9. The molecule has 2 rings (SSSR count). The van der Waals surface area contributed by atoms with Crippen molar-refractivity contribution in [1.82, 2.24) is 0 Å². The third-order valence-electron chi connectivity index (χ3n) is 2.89. The highest BCUT2D eigenvalue weighted by Gasteiger charge is 2.15. The lowest BCUT2D eigenvalue weighted by Crippen LogP contribution is -1.95. The average Bonchev–Trinajstić information content (AvgIpc) is 3.04. The van der Waals surface area contributed by atoms with E-state index >= 15 is 0 Å². The lowest BCUT2D eigenvalue weighted by Gasteiger charge is -1.96. The molecule has 0 aliphatic heterocycles. The fraction of sp³-hybridized carbons (Fsp3) is 0.375. The Morgan fingerprint density at radius 2 is 1.26 bits per heavy atom. The summed E-state index contributed by atoms with van der Waals surface area (Å²) in [5.41, 5.74) is 0.320. The second-order valence-electron chi connectivity index (χ2n) is 4.47. The van der Waals surface area contributed by atoms with Crippen LogP contribution in [0.25, 0.3) is 0 Å². The Labute approximate surface area is 138 Å². The van der Waals surface area contributed by atoms with Crippen molar-refractivity contribution < 1.29 is 28.6 Å². The molecule has 2 aromatic rings. The normalized spacial score (nSPS) is 10.1. The van der Waals surface area contributed by atoms with Crippen molar-refractivity contribution in [1.29, 1.82) is 0 Å². The summed E-state index contributed by atoms with van der Waals surface area (Å²) in [4.78, 5) is 21.8. The minimum atomic E-state index is -1.01. The summed E-state index contributed by atoms with van der Waals surface area (Å²) >= 11 is 1.45. The third-order valence-corrected chi connectivity index (χ3v) is 3.86. The molecular weight excluding hydrogens is 320 g/mol. The third kappa shape index (κ3) is 4.92. The fourth-order valence-electron chi connectivity index (χ4n) is 1.91. The largest absolute Gasteiger partial charge is 0.478 e. The maximum atomic E-state index is 10.9. The summed E-state index contributed by atoms with van der Waals surface area (Å²) < 4.78 is 10.7. The van der Waals surface area contributed by atoms with Crippen LogP contribution in [0.15, 0.2) is 21.0 Å². The Bertz CT molecular complexity index is 625. The van der Waals surface area contributed by atoms with Crippen LogP contribution in [-0.4, -0.2) is 22.2 Å². The lowest BCUT2D eigenvalue weighted by molar-refractivity contribution is 0.0684. The van der Waals surface area contributed by atoms with Crippen LogP contribution in [-0.2, 0) is 11.5 Å². The summed E-state index contributed by atoms with van der Waals surface area (Å²) in [5.74, 6) is 0.820. The molecule has 0 unspecified atom stereocenters. The molecular formula is C16H20O6S. The molecule has 0 aliphatic carbocycles. The number of hydrogen-bond acceptors (Lipinski definition) is 5. The first-order valence-corrected chi connectivity index (χ1v) is 8.27. The van der Waals surface area contributed by atoms with Gasteiger partial charge in [0.05, 0.1) is 11.5 Å². The maximum absolute atomic E-state index is 10.9. The molecule has 2 N–H and O–H groups in total. The number of carbonyl (C=O) groups is 2. The van der Waals surface area contributed by atoms with E-state index in [4.69, 9.17) is 19.0 Å². The number of rotatable bonds is 6. The molecule has 0 aromatic carbocycles. The van der Waals surface area contributed by atoms with Crippen LogP contribution in [0.2, 0.25) is 0 Å². The molecule has 0 bridgehead atoms. The van der Waals surface area contributed by atoms with Crippen LogP contribution in [0.4, 0.5) is 0 Å². The number of hydrogen-bond donors (Lipinski definition) is 2. The molecule has 2 heterocycles. The standard InChI is InChI=1S/C14H14O6S.C2H6/c1-7-11(13(15)16)3-9(19-7)5-21-6-10-4-12(14(17)18)8(2)20-10;1-2/h3-4H,5-6H2,1-2H3,(H,15,16)(H,17,18);1-2H3. The summed E-state index contributed by atoms with van der Waals surface area (Å²) in [6, 6.07) is 3.00. The lowest BCUT2D eigenvalue weighted by atomic mass is 10.2. The second-order valence-corrected chi connectivity index (χ2v) is 5.45. The van der Waals surface area contributed by atoms with Gasteiger partial charge in [0.2, 0.25) is 0 Å². The van der Waals surface area contributed by atoms with E-state index in [9.17, 15) is 9.59 Å². The Morgan fingerprint density at radius 1 is 0.913 bits per heavy atom. The van der Waals surface area contributed by atoms with Gasteiger partial charge < -0.3 is 19.0 Å². The molecule has 6 nitrogen and oxygen atoms in total. The Morgan fingerprint density at radius 3 is 1.52 bits per heavy atom. The van der Waals surface area contributed by atoms with Gasteiger partial charge in [0.25, 0.3) is 0 Å². The minimum Gasteiger partial charge on any atom is -0.478 e. The monoisotopic (exact) mass is 340 g/mol. The van der Waals surface area contributed by atoms with Gasteiger partial charge in [-0.15, -0.1) is 11.8 Å². The van der Waals surface area contributed by atoms with Crippen LogP contribution in [0, 0.1) is 13.8 Å². The summed E-state index contributed by atoms with van der Waals surface area (Å²) in [6.07, 6.45) is 0. The van der Waals surface area contributed by atoms with Gasteiger partial charge >= 0.3 is 11.9 Å². The number of carboxylic acid groups (broad SMARTS) is 2. The van der Waals surface area contributed by atoms with Gasteiger partial charge in [-0.05, 0) is 26.0 Å². The Balaban J connectivity index is 0.00000127.